The lowest BCUT2D eigenvalue weighted by molar-refractivity contribution is -0.137. The molecule has 0 aliphatic heterocycles. The summed E-state index contributed by atoms with van der Waals surface area (Å²) in [6, 6.07) is 15.3. The van der Waals surface area contributed by atoms with Crippen molar-refractivity contribution >= 4 is 34.8 Å². The highest BCUT2D eigenvalue weighted by Crippen LogP contribution is 2.36. The molecule has 0 saturated heterocycles. The largest absolute Gasteiger partial charge is 0.465 e. The molecule has 27 heavy (non-hydrogen) atoms. The average molecular weight is 392 g/mol. The van der Waals surface area contributed by atoms with Crippen molar-refractivity contribution in [2.24, 2.45) is 0 Å². The number of carbonyl (C=O) groups excluding carboxylic acids is 1. The Morgan fingerprint density at radius 2 is 1.78 bits per heavy atom. The minimum Gasteiger partial charge on any atom is -0.465 e. The predicted molar refractivity (Wildman–Crippen MR) is 98.1 cm³/mol. The lowest BCUT2D eigenvalue weighted by Gasteiger charge is -2.13. The van der Waals surface area contributed by atoms with Crippen LogP contribution < -0.4 is 5.32 Å². The topological polar surface area (TPSA) is 42.2 Å². The van der Waals surface area contributed by atoms with Crippen molar-refractivity contribution in [3.63, 3.8) is 0 Å². The van der Waals surface area contributed by atoms with Crippen molar-refractivity contribution in [3.8, 4) is 0 Å². The van der Waals surface area contributed by atoms with Gasteiger partial charge in [-0.3, -0.25) is 4.79 Å². The molecular weight excluding hydrogens is 379 g/mol. The summed E-state index contributed by atoms with van der Waals surface area (Å²) in [4.78, 5) is 12.7. The summed E-state index contributed by atoms with van der Waals surface area (Å²) in [6.45, 7) is 0. The number of benzene rings is 2. The SMILES string of the molecule is O=C(Nc1ccc(Cl)c(C(F)(F)F)c1)/C(=C/c1ccco1)c1ccccc1. The first-order chi connectivity index (χ1) is 12.8. The first-order valence-electron chi connectivity index (χ1n) is 7.83. The Morgan fingerprint density at radius 3 is 2.41 bits per heavy atom. The van der Waals surface area contributed by atoms with Crippen LogP contribution in [0.2, 0.25) is 5.02 Å². The van der Waals surface area contributed by atoms with Crippen LogP contribution in [-0.2, 0) is 11.0 Å². The van der Waals surface area contributed by atoms with Gasteiger partial charge in [0.15, 0.2) is 0 Å². The van der Waals surface area contributed by atoms with Crippen LogP contribution in [0.15, 0.2) is 71.3 Å². The number of alkyl halides is 3. The number of hydrogen-bond donors (Lipinski definition) is 1. The maximum absolute atomic E-state index is 13.0. The number of carbonyl (C=O) groups is 1. The molecule has 2 aromatic carbocycles. The minimum atomic E-state index is -4.62. The van der Waals surface area contributed by atoms with E-state index >= 15 is 0 Å². The van der Waals surface area contributed by atoms with Crippen LogP contribution >= 0.6 is 11.6 Å². The van der Waals surface area contributed by atoms with Crippen LogP contribution in [0.25, 0.3) is 11.6 Å². The molecule has 0 aliphatic carbocycles. The standard InChI is InChI=1S/C20H13ClF3NO2/c21-18-9-8-14(11-17(18)20(22,23)24)25-19(26)16(12-15-7-4-10-27-15)13-5-2-1-3-6-13/h1-12H,(H,25,26)/b16-12+. The monoisotopic (exact) mass is 391 g/mol. The first-order valence-corrected chi connectivity index (χ1v) is 8.21. The molecule has 3 rings (SSSR count). The fourth-order valence-corrected chi connectivity index (χ4v) is 2.66. The van der Waals surface area contributed by atoms with Gasteiger partial charge in [0.1, 0.15) is 5.76 Å². The quantitative estimate of drug-likeness (QED) is 0.543. The lowest BCUT2D eigenvalue weighted by Crippen LogP contribution is -2.15. The van der Waals surface area contributed by atoms with Crippen molar-refractivity contribution in [2.75, 3.05) is 5.32 Å². The molecule has 138 valence electrons. The van der Waals surface area contributed by atoms with Crippen LogP contribution in [0.4, 0.5) is 18.9 Å². The van der Waals surface area contributed by atoms with Gasteiger partial charge in [-0.25, -0.2) is 0 Å². The molecule has 0 bridgehead atoms. The van der Waals surface area contributed by atoms with E-state index in [1.165, 1.54) is 18.4 Å². The van der Waals surface area contributed by atoms with E-state index in [9.17, 15) is 18.0 Å². The molecule has 1 aromatic heterocycles. The molecule has 3 nitrogen and oxygen atoms in total. The third kappa shape index (κ3) is 4.60. The maximum Gasteiger partial charge on any atom is 0.417 e. The van der Waals surface area contributed by atoms with Crippen LogP contribution in [-0.4, -0.2) is 5.91 Å². The van der Waals surface area contributed by atoms with E-state index in [4.69, 9.17) is 16.0 Å². The Bertz CT molecular complexity index is 965. The molecule has 0 atom stereocenters. The van der Waals surface area contributed by atoms with E-state index < -0.39 is 22.7 Å². The second-order valence-electron chi connectivity index (χ2n) is 5.59. The number of nitrogens with one attached hydrogen (secondary N) is 1. The summed E-state index contributed by atoms with van der Waals surface area (Å²) in [5.74, 6) is -0.135. The van der Waals surface area contributed by atoms with Gasteiger partial charge < -0.3 is 9.73 Å². The third-order valence-electron chi connectivity index (χ3n) is 3.69. The summed E-state index contributed by atoms with van der Waals surface area (Å²) in [5, 5.41) is 2.05. The molecule has 3 aromatic rings. The van der Waals surface area contributed by atoms with E-state index in [0.29, 0.717) is 11.3 Å². The Morgan fingerprint density at radius 1 is 1.04 bits per heavy atom. The smallest absolute Gasteiger partial charge is 0.417 e. The molecule has 0 fully saturated rings. The highest BCUT2D eigenvalue weighted by molar-refractivity contribution is 6.32. The molecule has 7 heteroatoms. The van der Waals surface area contributed by atoms with Crippen LogP contribution in [0.3, 0.4) is 0 Å². The number of amides is 1. The Balaban J connectivity index is 1.94. The minimum absolute atomic E-state index is 0.0157. The molecule has 0 spiro atoms. The van der Waals surface area contributed by atoms with E-state index in [1.807, 2.05) is 0 Å². The summed E-state index contributed by atoms with van der Waals surface area (Å²) in [5.41, 5.74) is -0.193. The average Bonchev–Trinajstić information content (AvgIpc) is 3.14. The third-order valence-corrected chi connectivity index (χ3v) is 4.02. The zero-order chi connectivity index (χ0) is 19.4. The van der Waals surface area contributed by atoms with Gasteiger partial charge in [0.25, 0.3) is 5.91 Å². The van der Waals surface area contributed by atoms with Crippen molar-refractivity contribution in [1.82, 2.24) is 0 Å². The molecular formula is C20H13ClF3NO2. The van der Waals surface area contributed by atoms with Gasteiger partial charge >= 0.3 is 6.18 Å². The van der Waals surface area contributed by atoms with Gasteiger partial charge in [0, 0.05) is 5.69 Å². The fourth-order valence-electron chi connectivity index (χ4n) is 2.43. The molecule has 0 saturated carbocycles. The van der Waals surface area contributed by atoms with Crippen molar-refractivity contribution in [2.45, 2.75) is 6.18 Å². The number of hydrogen-bond acceptors (Lipinski definition) is 2. The summed E-state index contributed by atoms with van der Waals surface area (Å²) >= 11 is 5.61. The molecule has 1 amide bonds. The lowest BCUT2D eigenvalue weighted by atomic mass is 10.0. The summed E-state index contributed by atoms with van der Waals surface area (Å²) < 4.78 is 44.3. The summed E-state index contributed by atoms with van der Waals surface area (Å²) in [7, 11) is 0. The highest BCUT2D eigenvalue weighted by Gasteiger charge is 2.33. The maximum atomic E-state index is 13.0. The van der Waals surface area contributed by atoms with Crippen LogP contribution in [0, 0.1) is 0 Å². The van der Waals surface area contributed by atoms with Gasteiger partial charge in [0.2, 0.25) is 0 Å². The molecule has 1 heterocycles. The van der Waals surface area contributed by atoms with Crippen LogP contribution in [0.1, 0.15) is 16.9 Å². The normalized spacial score (nSPS) is 12.1. The number of furan rings is 1. The molecule has 0 aliphatic rings. The Hall–Kier alpha value is -2.99. The second kappa shape index (κ2) is 7.72. The van der Waals surface area contributed by atoms with Gasteiger partial charge in [-0.15, -0.1) is 0 Å². The van der Waals surface area contributed by atoms with Crippen molar-refractivity contribution < 1.29 is 22.4 Å². The Labute approximate surface area is 158 Å². The van der Waals surface area contributed by atoms with E-state index in [1.54, 1.807) is 42.5 Å². The van der Waals surface area contributed by atoms with E-state index in [-0.39, 0.29) is 11.3 Å². The molecule has 0 radical (unpaired) electrons. The van der Waals surface area contributed by atoms with E-state index in [2.05, 4.69) is 5.32 Å². The number of halogens is 4. The zero-order valence-corrected chi connectivity index (χ0v) is 14.5. The first kappa shape index (κ1) is 18.8. The number of rotatable bonds is 4. The fraction of sp³-hybridized carbons (Fsp3) is 0.0500. The Kier molecular flexibility index (Phi) is 5.37. The second-order valence-corrected chi connectivity index (χ2v) is 5.99. The van der Waals surface area contributed by atoms with Gasteiger partial charge in [-0.05, 0) is 42.0 Å². The predicted octanol–water partition coefficient (Wildman–Crippen LogP) is 6.13. The summed E-state index contributed by atoms with van der Waals surface area (Å²) in [6.07, 6.45) is -1.64. The van der Waals surface area contributed by atoms with E-state index in [0.717, 1.165) is 12.1 Å². The zero-order valence-electron chi connectivity index (χ0n) is 13.8. The van der Waals surface area contributed by atoms with Crippen LogP contribution in [0.5, 0.6) is 0 Å². The van der Waals surface area contributed by atoms with Crippen molar-refractivity contribution in [3.05, 3.63) is 88.8 Å². The number of anilines is 1. The van der Waals surface area contributed by atoms with Crippen molar-refractivity contribution in [1.29, 1.82) is 0 Å². The molecule has 0 unspecified atom stereocenters. The van der Waals surface area contributed by atoms with Gasteiger partial charge in [-0.2, -0.15) is 13.2 Å². The van der Waals surface area contributed by atoms with Gasteiger partial charge in [0.05, 0.1) is 22.4 Å². The highest BCUT2D eigenvalue weighted by atomic mass is 35.5. The molecule has 1 N–H and O–H groups in total. The van der Waals surface area contributed by atoms with Gasteiger partial charge in [-0.1, -0.05) is 41.9 Å².